The molecule has 19 heavy (non-hydrogen) atoms. The molecule has 0 saturated heterocycles. The number of nitrogens with zero attached hydrogens (tertiary/aromatic N) is 1. The van der Waals surface area contributed by atoms with E-state index in [2.05, 4.69) is 9.89 Å². The van der Waals surface area contributed by atoms with Crippen molar-refractivity contribution in [1.29, 1.82) is 0 Å². The quantitative estimate of drug-likeness (QED) is 0.851. The number of hydrogen-bond acceptors (Lipinski definition) is 5. The molecule has 1 aromatic carbocycles. The van der Waals surface area contributed by atoms with E-state index in [-0.39, 0.29) is 12.3 Å². The van der Waals surface area contributed by atoms with Crippen molar-refractivity contribution in [1.82, 2.24) is 5.16 Å². The Morgan fingerprint density at radius 1 is 1.47 bits per heavy atom. The Kier molecular flexibility index (Phi) is 4.10. The summed E-state index contributed by atoms with van der Waals surface area (Å²) in [5, 5.41) is 12.4. The number of aliphatic hydroxyl groups is 1. The zero-order chi connectivity index (χ0) is 13.7. The van der Waals surface area contributed by atoms with Gasteiger partial charge in [-0.15, -0.1) is 0 Å². The molecule has 1 aromatic heterocycles. The van der Waals surface area contributed by atoms with Gasteiger partial charge in [0.1, 0.15) is 0 Å². The van der Waals surface area contributed by atoms with Gasteiger partial charge in [-0.2, -0.15) is 0 Å². The molecule has 2 aromatic rings. The van der Waals surface area contributed by atoms with Crippen LogP contribution in [0.4, 0.5) is 0 Å². The van der Waals surface area contributed by atoms with Gasteiger partial charge in [-0.1, -0.05) is 35.5 Å². The van der Waals surface area contributed by atoms with Crippen molar-refractivity contribution in [2.75, 3.05) is 13.7 Å². The van der Waals surface area contributed by atoms with Gasteiger partial charge < -0.3 is 14.4 Å². The second-order valence-electron chi connectivity index (χ2n) is 3.78. The standard InChI is InChI=1S/C14H13NO4/c1-18-14(17)12-9-13(19-15-12)11-6-2-4-10(8-11)5-3-7-16/h2-6,8-9,16H,7H2,1H3/b5-3+. The smallest absolute Gasteiger partial charge is 0.360 e. The van der Waals surface area contributed by atoms with E-state index >= 15 is 0 Å². The number of methoxy groups -OCH3 is 1. The van der Waals surface area contributed by atoms with Crippen LogP contribution in [0.2, 0.25) is 0 Å². The van der Waals surface area contributed by atoms with Crippen molar-refractivity contribution in [2.24, 2.45) is 0 Å². The topological polar surface area (TPSA) is 72.6 Å². The van der Waals surface area contributed by atoms with Crippen molar-refractivity contribution in [3.05, 3.63) is 47.7 Å². The highest BCUT2D eigenvalue weighted by molar-refractivity contribution is 5.88. The summed E-state index contributed by atoms with van der Waals surface area (Å²) < 4.78 is 9.67. The van der Waals surface area contributed by atoms with Gasteiger partial charge in [-0.05, 0) is 11.6 Å². The third-order valence-corrected chi connectivity index (χ3v) is 2.49. The predicted octanol–water partition coefficient (Wildman–Crippen LogP) is 2.13. The first kappa shape index (κ1) is 13.0. The van der Waals surface area contributed by atoms with E-state index in [1.54, 1.807) is 12.2 Å². The highest BCUT2D eigenvalue weighted by Crippen LogP contribution is 2.22. The molecule has 1 heterocycles. The molecule has 5 heteroatoms. The number of ether oxygens (including phenoxy) is 1. The molecule has 0 saturated carbocycles. The lowest BCUT2D eigenvalue weighted by Crippen LogP contribution is -2.00. The molecule has 2 rings (SSSR count). The third-order valence-electron chi connectivity index (χ3n) is 2.49. The number of benzene rings is 1. The Hall–Kier alpha value is -2.40. The second kappa shape index (κ2) is 5.97. The van der Waals surface area contributed by atoms with Crippen molar-refractivity contribution in [2.45, 2.75) is 0 Å². The molecule has 0 unspecified atom stereocenters. The van der Waals surface area contributed by atoms with Gasteiger partial charge in [0.15, 0.2) is 11.5 Å². The SMILES string of the molecule is COC(=O)c1cc(-c2cccc(/C=C/CO)c2)on1. The Labute approximate surface area is 110 Å². The first-order valence-corrected chi connectivity index (χ1v) is 5.67. The van der Waals surface area contributed by atoms with Gasteiger partial charge in [-0.25, -0.2) is 4.79 Å². The Bertz CT molecular complexity index is 601. The maximum absolute atomic E-state index is 11.3. The molecular formula is C14H13NO4. The van der Waals surface area contributed by atoms with Crippen LogP contribution in [0, 0.1) is 0 Å². The number of carbonyl (C=O) groups is 1. The molecule has 0 atom stereocenters. The molecule has 0 aliphatic carbocycles. The van der Waals surface area contributed by atoms with Crippen LogP contribution in [0.15, 0.2) is 40.9 Å². The van der Waals surface area contributed by atoms with Gasteiger partial charge in [0.25, 0.3) is 0 Å². The number of aliphatic hydroxyl groups excluding tert-OH is 1. The number of carbonyl (C=O) groups excluding carboxylic acids is 1. The molecule has 0 spiro atoms. The summed E-state index contributed by atoms with van der Waals surface area (Å²) in [5.74, 6) is -0.0500. The molecular weight excluding hydrogens is 246 g/mol. The summed E-state index contributed by atoms with van der Waals surface area (Å²) in [7, 11) is 1.29. The molecule has 1 N–H and O–H groups in total. The first-order valence-electron chi connectivity index (χ1n) is 5.67. The Balaban J connectivity index is 2.29. The monoisotopic (exact) mass is 259 g/mol. The van der Waals surface area contributed by atoms with Gasteiger partial charge >= 0.3 is 5.97 Å². The normalized spacial score (nSPS) is 10.8. The fourth-order valence-corrected chi connectivity index (χ4v) is 1.60. The van der Waals surface area contributed by atoms with Gasteiger partial charge in [0.05, 0.1) is 13.7 Å². The van der Waals surface area contributed by atoms with Crippen LogP contribution in [-0.2, 0) is 4.74 Å². The number of esters is 1. The third kappa shape index (κ3) is 3.08. The average molecular weight is 259 g/mol. The Morgan fingerprint density at radius 3 is 3.05 bits per heavy atom. The lowest BCUT2D eigenvalue weighted by molar-refractivity contribution is 0.0589. The number of rotatable bonds is 4. The van der Waals surface area contributed by atoms with E-state index in [4.69, 9.17) is 9.63 Å². The lowest BCUT2D eigenvalue weighted by atomic mass is 10.1. The fourth-order valence-electron chi connectivity index (χ4n) is 1.60. The van der Waals surface area contributed by atoms with Crippen LogP contribution < -0.4 is 0 Å². The maximum Gasteiger partial charge on any atom is 0.360 e. The second-order valence-corrected chi connectivity index (χ2v) is 3.78. The van der Waals surface area contributed by atoms with Gasteiger partial charge in [-0.3, -0.25) is 0 Å². The molecule has 0 radical (unpaired) electrons. The van der Waals surface area contributed by atoms with Crippen LogP contribution >= 0.6 is 0 Å². The molecule has 98 valence electrons. The zero-order valence-corrected chi connectivity index (χ0v) is 10.4. The summed E-state index contributed by atoms with van der Waals surface area (Å²) in [6.45, 7) is -0.0149. The van der Waals surface area contributed by atoms with Crippen LogP contribution in [0.25, 0.3) is 17.4 Å². The van der Waals surface area contributed by atoms with Crippen LogP contribution in [0.3, 0.4) is 0 Å². The minimum Gasteiger partial charge on any atom is -0.464 e. The van der Waals surface area contributed by atoms with Gasteiger partial charge in [0.2, 0.25) is 0 Å². The first-order chi connectivity index (χ1) is 9.24. The lowest BCUT2D eigenvalue weighted by Gasteiger charge is -1.97. The van der Waals surface area contributed by atoms with E-state index in [0.29, 0.717) is 5.76 Å². The van der Waals surface area contributed by atoms with Crippen molar-refractivity contribution in [3.63, 3.8) is 0 Å². The summed E-state index contributed by atoms with van der Waals surface area (Å²) in [5.41, 5.74) is 1.85. The molecule has 0 aliphatic rings. The highest BCUT2D eigenvalue weighted by atomic mass is 16.5. The molecule has 0 fully saturated rings. The van der Waals surface area contributed by atoms with Crippen molar-refractivity contribution < 1.29 is 19.2 Å². The number of hydrogen-bond donors (Lipinski definition) is 1. The van der Waals surface area contributed by atoms with Gasteiger partial charge in [0, 0.05) is 11.6 Å². The average Bonchev–Trinajstić information content (AvgIpc) is 2.94. The minimum atomic E-state index is -0.536. The van der Waals surface area contributed by atoms with Crippen LogP contribution in [-0.4, -0.2) is 29.9 Å². The molecule has 0 aliphatic heterocycles. The van der Waals surface area contributed by atoms with Crippen molar-refractivity contribution in [3.8, 4) is 11.3 Å². The van der Waals surface area contributed by atoms with E-state index in [0.717, 1.165) is 11.1 Å². The van der Waals surface area contributed by atoms with E-state index in [9.17, 15) is 4.79 Å². The van der Waals surface area contributed by atoms with Crippen molar-refractivity contribution >= 4 is 12.0 Å². The summed E-state index contributed by atoms with van der Waals surface area (Å²) in [4.78, 5) is 11.3. The summed E-state index contributed by atoms with van der Waals surface area (Å²) in [6.07, 6.45) is 3.43. The fraction of sp³-hybridized carbons (Fsp3) is 0.143. The van der Waals surface area contributed by atoms with Crippen LogP contribution in [0.5, 0.6) is 0 Å². The minimum absolute atomic E-state index is 0.0149. The molecule has 0 bridgehead atoms. The Morgan fingerprint density at radius 2 is 2.32 bits per heavy atom. The van der Waals surface area contributed by atoms with E-state index < -0.39 is 5.97 Å². The maximum atomic E-state index is 11.3. The molecule has 0 amide bonds. The van der Waals surface area contributed by atoms with E-state index in [1.807, 2.05) is 24.3 Å². The number of aromatic nitrogens is 1. The summed E-state index contributed by atoms with van der Waals surface area (Å²) in [6, 6.07) is 8.99. The van der Waals surface area contributed by atoms with E-state index in [1.165, 1.54) is 13.2 Å². The highest BCUT2D eigenvalue weighted by Gasteiger charge is 2.13. The van der Waals surface area contributed by atoms with Crippen LogP contribution in [0.1, 0.15) is 16.1 Å². The zero-order valence-electron chi connectivity index (χ0n) is 10.4. The summed E-state index contributed by atoms with van der Waals surface area (Å²) >= 11 is 0. The predicted molar refractivity (Wildman–Crippen MR) is 69.4 cm³/mol. The largest absolute Gasteiger partial charge is 0.464 e. The molecule has 5 nitrogen and oxygen atoms in total.